The summed E-state index contributed by atoms with van der Waals surface area (Å²) in [5, 5.41) is 20.9. The Morgan fingerprint density at radius 2 is 1.75 bits per heavy atom. The van der Waals surface area contributed by atoms with Crippen molar-refractivity contribution in [2.75, 3.05) is 31.2 Å². The van der Waals surface area contributed by atoms with E-state index in [-0.39, 0.29) is 17.0 Å². The second-order valence-corrected chi connectivity index (χ2v) is 7.04. The first kappa shape index (κ1) is 18.3. The van der Waals surface area contributed by atoms with Crippen LogP contribution in [-0.2, 0) is 4.74 Å². The van der Waals surface area contributed by atoms with Crippen molar-refractivity contribution >= 4 is 22.6 Å². The molecule has 0 aliphatic carbocycles. The number of nitrogens with zero attached hydrogens (tertiary/aromatic N) is 2. The molecular formula is C22H22N2O4. The fraction of sp³-hybridized carbons (Fsp3) is 0.273. The molecule has 0 spiro atoms. The van der Waals surface area contributed by atoms with Crippen LogP contribution in [0.4, 0.5) is 5.69 Å². The second-order valence-electron chi connectivity index (χ2n) is 7.04. The molecule has 1 aromatic heterocycles. The standard InChI is InChI=1S/C22H22N2O4/c1-13-3-8-17-18(22(26)27)21(25)20(23-19(17)14(13)2)15-4-6-16(7-5-15)24-9-11-28-12-10-24/h3-8,25H,9-12H2,1-2H3,(H,26,27). The summed E-state index contributed by atoms with van der Waals surface area (Å²) in [7, 11) is 0. The number of ether oxygens (including phenoxy) is 1. The van der Waals surface area contributed by atoms with Crippen molar-refractivity contribution < 1.29 is 19.7 Å². The van der Waals surface area contributed by atoms with Gasteiger partial charge in [-0.2, -0.15) is 0 Å². The Kier molecular flexibility index (Phi) is 4.65. The highest BCUT2D eigenvalue weighted by atomic mass is 16.5. The van der Waals surface area contributed by atoms with E-state index in [0.717, 1.165) is 29.9 Å². The molecule has 6 nitrogen and oxygen atoms in total. The number of aromatic carboxylic acids is 1. The Morgan fingerprint density at radius 1 is 1.07 bits per heavy atom. The number of hydrogen-bond acceptors (Lipinski definition) is 5. The van der Waals surface area contributed by atoms with E-state index >= 15 is 0 Å². The molecule has 3 aromatic rings. The highest BCUT2D eigenvalue weighted by Gasteiger charge is 2.22. The summed E-state index contributed by atoms with van der Waals surface area (Å²) in [6, 6.07) is 11.2. The van der Waals surface area contributed by atoms with Crippen molar-refractivity contribution in [2.45, 2.75) is 13.8 Å². The van der Waals surface area contributed by atoms with Crippen molar-refractivity contribution in [2.24, 2.45) is 0 Å². The van der Waals surface area contributed by atoms with Crippen molar-refractivity contribution in [1.82, 2.24) is 4.98 Å². The molecule has 28 heavy (non-hydrogen) atoms. The molecule has 1 aliphatic rings. The molecule has 6 heteroatoms. The molecule has 1 aliphatic heterocycles. The van der Waals surface area contributed by atoms with Crippen LogP contribution in [0.15, 0.2) is 36.4 Å². The summed E-state index contributed by atoms with van der Waals surface area (Å²) in [5.74, 6) is -1.47. The summed E-state index contributed by atoms with van der Waals surface area (Å²) < 4.78 is 5.39. The first-order valence-electron chi connectivity index (χ1n) is 9.26. The van der Waals surface area contributed by atoms with Gasteiger partial charge in [-0.25, -0.2) is 9.78 Å². The number of aryl methyl sites for hydroxylation is 2. The number of pyridine rings is 1. The maximum absolute atomic E-state index is 11.9. The largest absolute Gasteiger partial charge is 0.505 e. The van der Waals surface area contributed by atoms with Crippen molar-refractivity contribution in [3.05, 3.63) is 53.1 Å². The highest BCUT2D eigenvalue weighted by Crippen LogP contribution is 2.37. The van der Waals surface area contributed by atoms with Crippen molar-refractivity contribution in [3.63, 3.8) is 0 Å². The third-order valence-corrected chi connectivity index (χ3v) is 5.39. The number of anilines is 1. The predicted octanol–water partition coefficient (Wildman–Crippen LogP) is 3.76. The molecule has 144 valence electrons. The molecule has 0 bridgehead atoms. The van der Waals surface area contributed by atoms with Gasteiger partial charge in [0.1, 0.15) is 11.3 Å². The van der Waals surface area contributed by atoms with E-state index in [9.17, 15) is 15.0 Å². The van der Waals surface area contributed by atoms with Gasteiger partial charge >= 0.3 is 5.97 Å². The van der Waals surface area contributed by atoms with Crippen molar-refractivity contribution in [1.29, 1.82) is 0 Å². The maximum atomic E-state index is 11.9. The third-order valence-electron chi connectivity index (χ3n) is 5.39. The minimum atomic E-state index is -1.17. The highest BCUT2D eigenvalue weighted by molar-refractivity contribution is 6.08. The van der Waals surface area contributed by atoms with Crippen LogP contribution in [0.1, 0.15) is 21.5 Å². The van der Waals surface area contributed by atoms with Gasteiger partial charge in [-0.3, -0.25) is 0 Å². The fourth-order valence-electron chi connectivity index (χ4n) is 3.63. The normalized spacial score (nSPS) is 14.4. The smallest absolute Gasteiger partial charge is 0.340 e. The Balaban J connectivity index is 1.85. The Bertz CT molecular complexity index is 1050. The van der Waals surface area contributed by atoms with Gasteiger partial charge in [0.05, 0.1) is 18.7 Å². The summed E-state index contributed by atoms with van der Waals surface area (Å²) in [4.78, 5) is 18.7. The molecule has 2 heterocycles. The van der Waals surface area contributed by atoms with Gasteiger partial charge in [-0.05, 0) is 37.1 Å². The number of benzene rings is 2. The molecule has 0 saturated carbocycles. The number of rotatable bonds is 3. The van der Waals surface area contributed by atoms with E-state index in [1.54, 1.807) is 6.07 Å². The predicted molar refractivity (Wildman–Crippen MR) is 108 cm³/mol. The van der Waals surface area contributed by atoms with Crippen LogP contribution in [0.5, 0.6) is 5.75 Å². The molecule has 0 radical (unpaired) electrons. The quantitative estimate of drug-likeness (QED) is 0.722. The number of aromatic hydroxyl groups is 1. The number of fused-ring (bicyclic) bond motifs is 1. The minimum absolute atomic E-state index is 0.111. The molecular weight excluding hydrogens is 356 g/mol. The number of carbonyl (C=O) groups is 1. The van der Waals surface area contributed by atoms with Gasteiger partial charge in [-0.15, -0.1) is 0 Å². The minimum Gasteiger partial charge on any atom is -0.505 e. The second kappa shape index (κ2) is 7.13. The molecule has 0 unspecified atom stereocenters. The lowest BCUT2D eigenvalue weighted by Gasteiger charge is -2.28. The Morgan fingerprint density at radius 3 is 2.39 bits per heavy atom. The van der Waals surface area contributed by atoms with Gasteiger partial charge in [-0.1, -0.05) is 24.3 Å². The number of aromatic nitrogens is 1. The SMILES string of the molecule is Cc1ccc2c(C(=O)O)c(O)c(-c3ccc(N4CCOCC4)cc3)nc2c1C. The van der Waals surface area contributed by atoms with Crippen LogP contribution in [-0.4, -0.2) is 47.5 Å². The molecule has 2 aromatic carbocycles. The topological polar surface area (TPSA) is 82.9 Å². The van der Waals surface area contributed by atoms with Gasteiger partial charge < -0.3 is 19.8 Å². The zero-order valence-electron chi connectivity index (χ0n) is 15.9. The van der Waals surface area contributed by atoms with E-state index in [4.69, 9.17) is 4.74 Å². The lowest BCUT2D eigenvalue weighted by Crippen LogP contribution is -2.36. The van der Waals surface area contributed by atoms with Crippen LogP contribution >= 0.6 is 0 Å². The Labute approximate surface area is 163 Å². The van der Waals surface area contributed by atoms with Crippen molar-refractivity contribution in [3.8, 4) is 17.0 Å². The van der Waals surface area contributed by atoms with Crippen LogP contribution < -0.4 is 4.90 Å². The van der Waals surface area contributed by atoms with E-state index in [2.05, 4.69) is 9.88 Å². The summed E-state index contributed by atoms with van der Waals surface area (Å²) in [6.45, 7) is 6.95. The van der Waals surface area contributed by atoms with E-state index in [0.29, 0.717) is 29.7 Å². The zero-order chi connectivity index (χ0) is 19.8. The zero-order valence-corrected chi connectivity index (χ0v) is 15.9. The average molecular weight is 378 g/mol. The van der Waals surface area contributed by atoms with E-state index in [1.807, 2.05) is 44.2 Å². The van der Waals surface area contributed by atoms with Gasteiger partial charge in [0, 0.05) is 29.7 Å². The first-order chi connectivity index (χ1) is 13.5. The summed E-state index contributed by atoms with van der Waals surface area (Å²) in [6.07, 6.45) is 0. The summed E-state index contributed by atoms with van der Waals surface area (Å²) >= 11 is 0. The molecule has 2 N–H and O–H groups in total. The van der Waals surface area contributed by atoms with Crippen LogP contribution in [0.3, 0.4) is 0 Å². The fourth-order valence-corrected chi connectivity index (χ4v) is 3.63. The molecule has 1 fully saturated rings. The monoisotopic (exact) mass is 378 g/mol. The number of carboxylic acids is 1. The van der Waals surface area contributed by atoms with E-state index in [1.165, 1.54) is 0 Å². The van der Waals surface area contributed by atoms with Gasteiger partial charge in [0.2, 0.25) is 0 Å². The first-order valence-corrected chi connectivity index (χ1v) is 9.26. The number of morpholine rings is 1. The maximum Gasteiger partial charge on any atom is 0.340 e. The summed E-state index contributed by atoms with van der Waals surface area (Å²) in [5.41, 5.74) is 4.45. The molecule has 4 rings (SSSR count). The number of hydrogen-bond donors (Lipinski definition) is 2. The number of carboxylic acid groups (broad SMARTS) is 1. The average Bonchev–Trinajstić information content (AvgIpc) is 2.71. The molecule has 0 amide bonds. The molecule has 1 saturated heterocycles. The lowest BCUT2D eigenvalue weighted by atomic mass is 9.98. The van der Waals surface area contributed by atoms with Crippen LogP contribution in [0, 0.1) is 13.8 Å². The third kappa shape index (κ3) is 3.05. The van der Waals surface area contributed by atoms with Gasteiger partial charge in [0.15, 0.2) is 5.75 Å². The van der Waals surface area contributed by atoms with Crippen LogP contribution in [0.25, 0.3) is 22.2 Å². The van der Waals surface area contributed by atoms with Gasteiger partial charge in [0.25, 0.3) is 0 Å². The van der Waals surface area contributed by atoms with E-state index < -0.39 is 5.97 Å². The molecule has 0 atom stereocenters. The Hall–Kier alpha value is -3.12. The lowest BCUT2D eigenvalue weighted by molar-refractivity contribution is 0.0696. The van der Waals surface area contributed by atoms with Crippen LogP contribution in [0.2, 0.25) is 0 Å².